The van der Waals surface area contributed by atoms with Crippen LogP contribution in [-0.2, 0) is 4.79 Å². The van der Waals surface area contributed by atoms with Crippen molar-refractivity contribution in [1.82, 2.24) is 0 Å². The second kappa shape index (κ2) is 6.45. The van der Waals surface area contributed by atoms with Crippen LogP contribution in [0.15, 0.2) is 54.6 Å². The number of fused-ring (bicyclic) bond motifs is 1. The molecule has 1 N–H and O–H groups in total. The molecule has 0 saturated carbocycles. The number of carbonyl (C=O) groups excluding carboxylic acids is 1. The van der Waals surface area contributed by atoms with E-state index < -0.39 is 0 Å². The maximum absolute atomic E-state index is 12.2. The molecule has 1 aliphatic rings. The first-order valence-electron chi connectivity index (χ1n) is 8.33. The van der Waals surface area contributed by atoms with Gasteiger partial charge in [0.25, 0.3) is 0 Å². The summed E-state index contributed by atoms with van der Waals surface area (Å²) in [5.41, 5.74) is 3.35. The fraction of sp³-hybridized carbons (Fsp3) is 0.350. The number of benzene rings is 2. The van der Waals surface area contributed by atoms with Gasteiger partial charge in [0, 0.05) is 30.3 Å². The zero-order valence-electron chi connectivity index (χ0n) is 14.0. The van der Waals surface area contributed by atoms with E-state index in [1.807, 2.05) is 29.2 Å². The SMILES string of the molecule is CC[C@H]1[C@H](C)[C@@H](Nc2ccccc2)c2ccccc2N1C(C)=O. The topological polar surface area (TPSA) is 32.3 Å². The molecule has 0 aromatic heterocycles. The summed E-state index contributed by atoms with van der Waals surface area (Å²) in [6, 6.07) is 19.0. The highest BCUT2D eigenvalue weighted by atomic mass is 16.2. The Balaban J connectivity index is 2.05. The van der Waals surface area contributed by atoms with Crippen molar-refractivity contribution in [1.29, 1.82) is 0 Å². The second-order valence-electron chi connectivity index (χ2n) is 6.27. The molecule has 3 heteroatoms. The number of para-hydroxylation sites is 2. The molecule has 1 heterocycles. The Hall–Kier alpha value is -2.29. The lowest BCUT2D eigenvalue weighted by Crippen LogP contribution is -2.49. The molecule has 3 atom stereocenters. The summed E-state index contributed by atoms with van der Waals surface area (Å²) < 4.78 is 0. The van der Waals surface area contributed by atoms with Gasteiger partial charge in [-0.15, -0.1) is 0 Å². The molecule has 0 spiro atoms. The van der Waals surface area contributed by atoms with Gasteiger partial charge in [-0.25, -0.2) is 0 Å². The summed E-state index contributed by atoms with van der Waals surface area (Å²) in [6.07, 6.45) is 0.946. The van der Waals surface area contributed by atoms with Crippen molar-refractivity contribution in [3.63, 3.8) is 0 Å². The second-order valence-corrected chi connectivity index (χ2v) is 6.27. The van der Waals surface area contributed by atoms with Crippen molar-refractivity contribution in [3.05, 3.63) is 60.2 Å². The highest BCUT2D eigenvalue weighted by Gasteiger charge is 2.39. The molecule has 3 nitrogen and oxygen atoms in total. The number of nitrogens with one attached hydrogen (secondary N) is 1. The van der Waals surface area contributed by atoms with E-state index in [0.29, 0.717) is 5.92 Å². The van der Waals surface area contributed by atoms with Crippen LogP contribution in [0.3, 0.4) is 0 Å². The third-order valence-electron chi connectivity index (χ3n) is 4.85. The average Bonchev–Trinajstić information content (AvgIpc) is 2.57. The maximum atomic E-state index is 12.2. The summed E-state index contributed by atoms with van der Waals surface area (Å²) in [7, 11) is 0. The molecular formula is C20H24N2O. The first kappa shape index (κ1) is 15.6. The predicted molar refractivity (Wildman–Crippen MR) is 95.7 cm³/mol. The Kier molecular flexibility index (Phi) is 4.37. The Morgan fingerprint density at radius 1 is 1.09 bits per heavy atom. The zero-order valence-corrected chi connectivity index (χ0v) is 14.0. The number of nitrogens with zero attached hydrogens (tertiary/aromatic N) is 1. The lowest BCUT2D eigenvalue weighted by molar-refractivity contribution is -0.117. The van der Waals surface area contributed by atoms with Crippen molar-refractivity contribution >= 4 is 17.3 Å². The normalized spacial score (nSPS) is 23.3. The maximum Gasteiger partial charge on any atom is 0.224 e. The number of anilines is 2. The molecule has 23 heavy (non-hydrogen) atoms. The number of rotatable bonds is 3. The van der Waals surface area contributed by atoms with E-state index in [0.717, 1.165) is 17.8 Å². The van der Waals surface area contributed by atoms with Crippen molar-refractivity contribution < 1.29 is 4.79 Å². The molecule has 0 fully saturated rings. The van der Waals surface area contributed by atoms with E-state index in [1.165, 1.54) is 5.56 Å². The molecule has 0 aliphatic carbocycles. The van der Waals surface area contributed by atoms with Crippen molar-refractivity contribution in [2.24, 2.45) is 5.92 Å². The van der Waals surface area contributed by atoms with Crippen LogP contribution in [0.2, 0.25) is 0 Å². The molecular weight excluding hydrogens is 284 g/mol. The van der Waals surface area contributed by atoms with Crippen molar-refractivity contribution in [2.75, 3.05) is 10.2 Å². The van der Waals surface area contributed by atoms with Crippen LogP contribution in [0, 0.1) is 5.92 Å². The molecule has 0 unspecified atom stereocenters. The van der Waals surface area contributed by atoms with E-state index in [-0.39, 0.29) is 18.0 Å². The van der Waals surface area contributed by atoms with Gasteiger partial charge in [-0.2, -0.15) is 0 Å². The predicted octanol–water partition coefficient (Wildman–Crippen LogP) is 4.62. The van der Waals surface area contributed by atoms with E-state index >= 15 is 0 Å². The van der Waals surface area contributed by atoms with Crippen LogP contribution in [0.5, 0.6) is 0 Å². The number of hydrogen-bond acceptors (Lipinski definition) is 2. The minimum Gasteiger partial charge on any atom is -0.378 e. The monoisotopic (exact) mass is 308 g/mol. The van der Waals surface area contributed by atoms with Crippen molar-refractivity contribution in [3.8, 4) is 0 Å². The zero-order chi connectivity index (χ0) is 16.4. The average molecular weight is 308 g/mol. The lowest BCUT2D eigenvalue weighted by Gasteiger charge is -2.45. The van der Waals surface area contributed by atoms with E-state index in [1.54, 1.807) is 6.92 Å². The first-order chi connectivity index (χ1) is 11.1. The van der Waals surface area contributed by atoms with Crippen LogP contribution < -0.4 is 10.2 Å². The standard InChI is InChI=1S/C20H24N2O/c1-4-18-14(2)20(21-16-10-6-5-7-11-16)17-12-8-9-13-19(17)22(18)15(3)23/h5-14,18,20-21H,4H2,1-3H3/t14-,18-,20+/m0/s1. The van der Waals surface area contributed by atoms with E-state index in [2.05, 4.69) is 49.5 Å². The largest absolute Gasteiger partial charge is 0.378 e. The Morgan fingerprint density at radius 2 is 1.74 bits per heavy atom. The van der Waals surface area contributed by atoms with Gasteiger partial charge in [-0.3, -0.25) is 4.79 Å². The van der Waals surface area contributed by atoms with Crippen LogP contribution in [0.1, 0.15) is 38.8 Å². The van der Waals surface area contributed by atoms with Crippen LogP contribution in [0.25, 0.3) is 0 Å². The highest BCUT2D eigenvalue weighted by molar-refractivity contribution is 5.94. The molecule has 2 aromatic carbocycles. The molecule has 3 rings (SSSR count). The van der Waals surface area contributed by atoms with Gasteiger partial charge >= 0.3 is 0 Å². The molecule has 0 radical (unpaired) electrons. The summed E-state index contributed by atoms with van der Waals surface area (Å²) in [6.45, 7) is 6.06. The minimum absolute atomic E-state index is 0.120. The Labute approximate surface area is 138 Å². The molecule has 0 bridgehead atoms. The molecule has 0 saturated heterocycles. The Bertz CT molecular complexity index is 683. The molecule has 1 aliphatic heterocycles. The van der Waals surface area contributed by atoms with Gasteiger partial charge in [-0.05, 0) is 30.2 Å². The minimum atomic E-state index is 0.120. The van der Waals surface area contributed by atoms with E-state index in [9.17, 15) is 4.79 Å². The van der Waals surface area contributed by atoms with Crippen LogP contribution >= 0.6 is 0 Å². The third-order valence-corrected chi connectivity index (χ3v) is 4.85. The number of amides is 1. The quantitative estimate of drug-likeness (QED) is 0.897. The Morgan fingerprint density at radius 3 is 2.39 bits per heavy atom. The van der Waals surface area contributed by atoms with Gasteiger partial charge in [0.05, 0.1) is 6.04 Å². The van der Waals surface area contributed by atoms with Crippen LogP contribution in [-0.4, -0.2) is 11.9 Å². The number of hydrogen-bond donors (Lipinski definition) is 1. The van der Waals surface area contributed by atoms with Gasteiger partial charge < -0.3 is 10.2 Å². The number of carbonyl (C=O) groups is 1. The van der Waals surface area contributed by atoms with Gasteiger partial charge in [0.1, 0.15) is 0 Å². The summed E-state index contributed by atoms with van der Waals surface area (Å²) in [5.74, 6) is 0.452. The van der Waals surface area contributed by atoms with E-state index in [4.69, 9.17) is 0 Å². The third kappa shape index (κ3) is 2.83. The van der Waals surface area contributed by atoms with Gasteiger partial charge in [0.2, 0.25) is 5.91 Å². The van der Waals surface area contributed by atoms with Crippen LogP contribution in [0.4, 0.5) is 11.4 Å². The summed E-state index contributed by atoms with van der Waals surface area (Å²) in [5, 5.41) is 3.67. The van der Waals surface area contributed by atoms with Gasteiger partial charge in [-0.1, -0.05) is 50.2 Å². The fourth-order valence-electron chi connectivity index (χ4n) is 3.77. The van der Waals surface area contributed by atoms with Gasteiger partial charge in [0.15, 0.2) is 0 Å². The highest BCUT2D eigenvalue weighted by Crippen LogP contribution is 2.43. The molecule has 2 aromatic rings. The summed E-state index contributed by atoms with van der Waals surface area (Å²) >= 11 is 0. The fourth-order valence-corrected chi connectivity index (χ4v) is 3.77. The van der Waals surface area contributed by atoms with Crippen molar-refractivity contribution in [2.45, 2.75) is 39.3 Å². The first-order valence-corrected chi connectivity index (χ1v) is 8.33. The lowest BCUT2D eigenvalue weighted by atomic mass is 9.81. The molecule has 1 amide bonds. The molecule has 120 valence electrons. The summed E-state index contributed by atoms with van der Waals surface area (Å²) in [4.78, 5) is 14.2. The smallest absolute Gasteiger partial charge is 0.224 e.